The highest BCUT2D eigenvalue weighted by molar-refractivity contribution is 6.99. The molecule has 2 rings (SSSR count). The van der Waals surface area contributed by atoms with E-state index in [4.69, 9.17) is 0 Å². The molecule has 0 saturated heterocycles. The molecule has 0 amide bonds. The van der Waals surface area contributed by atoms with Crippen LogP contribution in [-0.4, -0.2) is 15.3 Å². The molecule has 1 N–H and O–H groups in total. The summed E-state index contributed by atoms with van der Waals surface area (Å²) in [5.41, 5.74) is 5.16. The third kappa shape index (κ3) is 2.94. The van der Waals surface area contributed by atoms with E-state index in [1.54, 1.807) is 0 Å². The van der Waals surface area contributed by atoms with Gasteiger partial charge < -0.3 is 5.32 Å². The van der Waals surface area contributed by atoms with Crippen molar-refractivity contribution in [1.29, 1.82) is 0 Å². The van der Waals surface area contributed by atoms with E-state index in [1.165, 1.54) is 28.4 Å². The van der Waals surface area contributed by atoms with Crippen molar-refractivity contribution in [3.8, 4) is 0 Å². The largest absolute Gasteiger partial charge is 0.309 e. The molecule has 0 aliphatic carbocycles. The second-order valence-electron chi connectivity index (χ2n) is 4.52. The van der Waals surface area contributed by atoms with Crippen LogP contribution >= 0.6 is 11.7 Å². The van der Waals surface area contributed by atoms with E-state index >= 15 is 0 Å². The Hall–Kier alpha value is -1.26. The van der Waals surface area contributed by atoms with Gasteiger partial charge in [-0.05, 0) is 43.5 Å². The number of nitrogens with one attached hydrogen (secondary N) is 1. The van der Waals surface area contributed by atoms with Crippen molar-refractivity contribution in [3.63, 3.8) is 0 Å². The van der Waals surface area contributed by atoms with Gasteiger partial charge in [-0.2, -0.15) is 8.75 Å². The molecule has 18 heavy (non-hydrogen) atoms. The summed E-state index contributed by atoms with van der Waals surface area (Å²) in [5.74, 6) is 0. The number of aryl methyl sites for hydroxylation is 2. The minimum Gasteiger partial charge on any atom is -0.309 e. The summed E-state index contributed by atoms with van der Waals surface area (Å²) in [6.07, 6.45) is 2.84. The molecule has 4 heteroatoms. The zero-order valence-electron chi connectivity index (χ0n) is 11.1. The van der Waals surface area contributed by atoms with Gasteiger partial charge >= 0.3 is 0 Å². The molecule has 0 spiro atoms. The van der Waals surface area contributed by atoms with Crippen molar-refractivity contribution >= 4 is 11.7 Å². The van der Waals surface area contributed by atoms with Crippen molar-refractivity contribution in [1.82, 2.24) is 14.1 Å². The summed E-state index contributed by atoms with van der Waals surface area (Å²) >= 11 is 1.27. The Bertz CT molecular complexity index is 473. The maximum atomic E-state index is 4.36. The van der Waals surface area contributed by atoms with E-state index in [0.717, 1.165) is 18.7 Å². The first-order valence-electron chi connectivity index (χ1n) is 6.28. The van der Waals surface area contributed by atoms with E-state index in [-0.39, 0.29) is 6.04 Å². The van der Waals surface area contributed by atoms with Gasteiger partial charge in [0.1, 0.15) is 0 Å². The predicted octanol–water partition coefficient (Wildman–Crippen LogP) is 3.05. The van der Waals surface area contributed by atoms with E-state index in [2.05, 4.69) is 53.0 Å². The number of hydrogen-bond donors (Lipinski definition) is 1. The first kappa shape index (κ1) is 13.2. The Morgan fingerprint density at radius 2 is 2.00 bits per heavy atom. The van der Waals surface area contributed by atoms with Crippen LogP contribution in [-0.2, 0) is 6.42 Å². The number of hydrogen-bond acceptors (Lipinski definition) is 4. The molecule has 2 aromatic rings. The highest BCUT2D eigenvalue weighted by Crippen LogP contribution is 2.22. The average molecular weight is 261 g/mol. The van der Waals surface area contributed by atoms with Gasteiger partial charge in [-0.15, -0.1) is 0 Å². The zero-order chi connectivity index (χ0) is 13.0. The molecule has 0 radical (unpaired) electrons. The molecule has 0 saturated carbocycles. The van der Waals surface area contributed by atoms with Gasteiger partial charge in [0.05, 0.1) is 29.7 Å². The fraction of sp³-hybridized carbons (Fsp3) is 0.429. The van der Waals surface area contributed by atoms with Gasteiger partial charge in [-0.3, -0.25) is 0 Å². The Labute approximate surface area is 113 Å². The van der Waals surface area contributed by atoms with Crippen molar-refractivity contribution in [3.05, 3.63) is 46.8 Å². The van der Waals surface area contributed by atoms with Crippen LogP contribution in [0.15, 0.2) is 24.4 Å². The van der Waals surface area contributed by atoms with Gasteiger partial charge in [0, 0.05) is 0 Å². The van der Waals surface area contributed by atoms with Crippen LogP contribution in [0.3, 0.4) is 0 Å². The van der Waals surface area contributed by atoms with Crippen LogP contribution in [0.25, 0.3) is 0 Å². The lowest BCUT2D eigenvalue weighted by Gasteiger charge is -2.18. The van der Waals surface area contributed by atoms with E-state index in [9.17, 15) is 0 Å². The van der Waals surface area contributed by atoms with Crippen LogP contribution < -0.4 is 5.32 Å². The van der Waals surface area contributed by atoms with E-state index in [0.29, 0.717) is 0 Å². The molecule has 1 atom stereocenters. The topological polar surface area (TPSA) is 37.8 Å². The fourth-order valence-electron chi connectivity index (χ4n) is 2.23. The third-order valence-corrected chi connectivity index (χ3v) is 3.73. The highest BCUT2D eigenvalue weighted by Gasteiger charge is 2.16. The lowest BCUT2D eigenvalue weighted by atomic mass is 9.95. The number of aromatic nitrogens is 2. The zero-order valence-corrected chi connectivity index (χ0v) is 11.9. The van der Waals surface area contributed by atoms with E-state index in [1.807, 2.05) is 6.20 Å². The fourth-order valence-corrected chi connectivity index (χ4v) is 2.70. The first-order chi connectivity index (χ1) is 8.72. The number of nitrogens with zero attached hydrogens (tertiary/aromatic N) is 2. The molecule has 0 aliphatic heterocycles. The molecule has 1 heterocycles. The first-order valence-corrected chi connectivity index (χ1v) is 7.01. The third-order valence-electron chi connectivity index (χ3n) is 3.24. The summed E-state index contributed by atoms with van der Waals surface area (Å²) in [5, 5.41) is 3.49. The Balaban J connectivity index is 2.24. The summed E-state index contributed by atoms with van der Waals surface area (Å²) in [6.45, 7) is 7.40. The molecule has 0 fully saturated rings. The number of rotatable bonds is 5. The quantitative estimate of drug-likeness (QED) is 0.899. The van der Waals surface area contributed by atoms with Gasteiger partial charge in [0.15, 0.2) is 0 Å². The Kier molecular flexibility index (Phi) is 4.44. The molecule has 0 bridgehead atoms. The Morgan fingerprint density at radius 1 is 1.28 bits per heavy atom. The second-order valence-corrected chi connectivity index (χ2v) is 5.07. The normalized spacial score (nSPS) is 12.6. The highest BCUT2D eigenvalue weighted by atomic mass is 32.1. The second kappa shape index (κ2) is 6.07. The van der Waals surface area contributed by atoms with Gasteiger partial charge in [-0.25, -0.2) is 0 Å². The maximum Gasteiger partial charge on any atom is 0.0915 e. The minimum atomic E-state index is 0.258. The summed E-state index contributed by atoms with van der Waals surface area (Å²) in [4.78, 5) is 0. The summed E-state index contributed by atoms with van der Waals surface area (Å²) in [6, 6.07) is 6.71. The van der Waals surface area contributed by atoms with Crippen molar-refractivity contribution in [2.75, 3.05) is 6.54 Å². The number of likely N-dealkylation sites (N-methyl/N-ethyl adjacent to an activating group) is 1. The van der Waals surface area contributed by atoms with Gasteiger partial charge in [0.2, 0.25) is 0 Å². The molecule has 3 nitrogen and oxygen atoms in total. The van der Waals surface area contributed by atoms with E-state index < -0.39 is 0 Å². The van der Waals surface area contributed by atoms with Gasteiger partial charge in [-0.1, -0.05) is 25.1 Å². The van der Waals surface area contributed by atoms with Crippen LogP contribution in [0.2, 0.25) is 0 Å². The Morgan fingerprint density at radius 3 is 2.56 bits per heavy atom. The minimum absolute atomic E-state index is 0.258. The lowest BCUT2D eigenvalue weighted by molar-refractivity contribution is 0.538. The molecule has 1 aromatic carbocycles. The summed E-state index contributed by atoms with van der Waals surface area (Å²) in [7, 11) is 0. The summed E-state index contributed by atoms with van der Waals surface area (Å²) < 4.78 is 8.46. The molecular formula is C14H19N3S. The number of benzene rings is 1. The maximum absolute atomic E-state index is 4.36. The van der Waals surface area contributed by atoms with Crippen LogP contribution in [0.1, 0.15) is 35.3 Å². The van der Waals surface area contributed by atoms with Crippen molar-refractivity contribution in [2.24, 2.45) is 0 Å². The van der Waals surface area contributed by atoms with Crippen LogP contribution in [0.5, 0.6) is 0 Å². The standard InChI is InChI=1S/C14H19N3S/c1-4-15-13(14-9-16-18-17-14)8-12-10(2)6-5-7-11(12)3/h5-7,9,13,15H,4,8H2,1-3H3. The monoisotopic (exact) mass is 261 g/mol. The smallest absolute Gasteiger partial charge is 0.0915 e. The molecular weight excluding hydrogens is 242 g/mol. The SMILES string of the molecule is CCNC(Cc1c(C)cccc1C)c1cnsn1. The lowest BCUT2D eigenvalue weighted by Crippen LogP contribution is -2.23. The molecule has 0 aliphatic rings. The molecule has 96 valence electrons. The molecule has 1 aromatic heterocycles. The van der Waals surface area contributed by atoms with Crippen molar-refractivity contribution in [2.45, 2.75) is 33.2 Å². The molecule has 1 unspecified atom stereocenters. The van der Waals surface area contributed by atoms with Gasteiger partial charge in [0.25, 0.3) is 0 Å². The van der Waals surface area contributed by atoms with Crippen LogP contribution in [0, 0.1) is 13.8 Å². The predicted molar refractivity (Wildman–Crippen MR) is 75.9 cm³/mol. The van der Waals surface area contributed by atoms with Crippen LogP contribution in [0.4, 0.5) is 0 Å². The average Bonchev–Trinajstić information content (AvgIpc) is 2.86. The van der Waals surface area contributed by atoms with Crippen molar-refractivity contribution < 1.29 is 0 Å².